The van der Waals surface area contributed by atoms with Crippen LogP contribution in [0.25, 0.3) is 0 Å². The van der Waals surface area contributed by atoms with Crippen LogP contribution in [0.4, 0.5) is 8.78 Å². The van der Waals surface area contributed by atoms with Gasteiger partial charge in [-0.1, -0.05) is 69.0 Å². The Balaban J connectivity index is 1.19. The molecule has 1 aromatic carbocycles. The quantitative estimate of drug-likeness (QED) is 0.199. The number of halogens is 2. The Bertz CT molecular complexity index is 875. The predicted molar refractivity (Wildman–Crippen MR) is 158 cm³/mol. The monoisotopic (exact) mass is 524 g/mol. The highest BCUT2D eigenvalue weighted by molar-refractivity contribution is 5.30. The molecule has 0 spiro atoms. The zero-order chi connectivity index (χ0) is 26.7. The fourth-order valence-electron chi connectivity index (χ4n) is 7.98. The molecule has 0 unspecified atom stereocenters. The molecule has 38 heavy (non-hydrogen) atoms. The Morgan fingerprint density at radius 3 is 2.03 bits per heavy atom. The van der Waals surface area contributed by atoms with Gasteiger partial charge in [0.25, 0.3) is 0 Å². The maximum Gasteiger partial charge on any atom is 0.162 e. The van der Waals surface area contributed by atoms with E-state index in [1.807, 2.05) is 12.1 Å². The van der Waals surface area contributed by atoms with E-state index in [1.165, 1.54) is 89.9 Å². The van der Waals surface area contributed by atoms with E-state index >= 15 is 8.78 Å². The first-order valence-corrected chi connectivity index (χ1v) is 16.3. The Labute approximate surface area is 232 Å². The van der Waals surface area contributed by atoms with Crippen LogP contribution in [0.1, 0.15) is 140 Å². The summed E-state index contributed by atoms with van der Waals surface area (Å²) in [7, 11) is 0. The second-order valence-corrected chi connectivity index (χ2v) is 13.0. The van der Waals surface area contributed by atoms with E-state index < -0.39 is 11.6 Å². The van der Waals surface area contributed by atoms with Crippen molar-refractivity contribution in [1.82, 2.24) is 0 Å². The molecule has 0 saturated heterocycles. The molecule has 0 amide bonds. The third-order valence-electron chi connectivity index (χ3n) is 10.4. The average molecular weight is 525 g/mol. The van der Waals surface area contributed by atoms with Crippen LogP contribution in [0.3, 0.4) is 0 Å². The van der Waals surface area contributed by atoms with Crippen molar-refractivity contribution in [3.63, 3.8) is 0 Å². The lowest BCUT2D eigenvalue weighted by Gasteiger charge is -2.37. The van der Waals surface area contributed by atoms with E-state index in [4.69, 9.17) is 0 Å². The van der Waals surface area contributed by atoms with Crippen LogP contribution in [-0.2, 0) is 6.42 Å². The first kappa shape index (κ1) is 29.5. The molecule has 0 atom stereocenters. The Morgan fingerprint density at radius 1 is 0.737 bits per heavy atom. The smallest absolute Gasteiger partial charge is 0.162 e. The van der Waals surface area contributed by atoms with Crippen LogP contribution >= 0.6 is 0 Å². The van der Waals surface area contributed by atoms with E-state index in [-0.39, 0.29) is 5.92 Å². The Hall–Kier alpha value is -1.44. The average Bonchev–Trinajstić information content (AvgIpc) is 2.95. The van der Waals surface area contributed by atoms with Crippen LogP contribution in [-0.4, -0.2) is 0 Å². The molecule has 3 fully saturated rings. The highest BCUT2D eigenvalue weighted by Gasteiger charge is 2.32. The number of hydrogen-bond donors (Lipinski definition) is 0. The van der Waals surface area contributed by atoms with Crippen molar-refractivity contribution in [3.05, 3.63) is 59.2 Å². The maximum absolute atomic E-state index is 15.2. The summed E-state index contributed by atoms with van der Waals surface area (Å²) in [5.41, 5.74) is 1.18. The molecule has 0 aromatic heterocycles. The van der Waals surface area contributed by atoms with Gasteiger partial charge < -0.3 is 0 Å². The van der Waals surface area contributed by atoms with Gasteiger partial charge in [0.1, 0.15) is 0 Å². The summed E-state index contributed by atoms with van der Waals surface area (Å²) in [4.78, 5) is 0. The predicted octanol–water partition coefficient (Wildman–Crippen LogP) is 11.5. The summed E-state index contributed by atoms with van der Waals surface area (Å²) < 4.78 is 30.2. The van der Waals surface area contributed by atoms with E-state index in [2.05, 4.69) is 38.2 Å². The number of benzene rings is 1. The topological polar surface area (TPSA) is 0 Å². The van der Waals surface area contributed by atoms with E-state index in [0.29, 0.717) is 23.5 Å². The van der Waals surface area contributed by atoms with Crippen LogP contribution < -0.4 is 0 Å². The molecular weight excluding hydrogens is 470 g/mol. The molecule has 4 rings (SSSR count). The molecule has 2 heteroatoms. The fourth-order valence-corrected chi connectivity index (χ4v) is 7.98. The molecule has 0 heterocycles. The molecule has 212 valence electrons. The van der Waals surface area contributed by atoms with Crippen molar-refractivity contribution in [2.24, 2.45) is 29.6 Å². The summed E-state index contributed by atoms with van der Waals surface area (Å²) >= 11 is 0. The van der Waals surface area contributed by atoms with Gasteiger partial charge in [-0.05, 0) is 143 Å². The van der Waals surface area contributed by atoms with Crippen molar-refractivity contribution >= 4 is 0 Å². The lowest BCUT2D eigenvalue weighted by atomic mass is 9.68. The normalized spacial score (nSPS) is 30.8. The van der Waals surface area contributed by atoms with Crippen molar-refractivity contribution in [1.29, 1.82) is 0 Å². The molecule has 0 radical (unpaired) electrons. The van der Waals surface area contributed by atoms with E-state index in [0.717, 1.165) is 42.9 Å². The largest absolute Gasteiger partial charge is 0.203 e. The molecule has 3 aliphatic rings. The van der Waals surface area contributed by atoms with Gasteiger partial charge in [-0.15, -0.1) is 0 Å². The highest BCUT2D eigenvalue weighted by atomic mass is 19.2. The van der Waals surface area contributed by atoms with E-state index in [9.17, 15) is 0 Å². The summed E-state index contributed by atoms with van der Waals surface area (Å²) in [6.45, 7) is 4.40. The Kier molecular flexibility index (Phi) is 12.0. The van der Waals surface area contributed by atoms with Crippen molar-refractivity contribution in [2.75, 3.05) is 0 Å². The van der Waals surface area contributed by atoms with Gasteiger partial charge in [0, 0.05) is 0 Å². The molecule has 1 aromatic rings. The summed E-state index contributed by atoms with van der Waals surface area (Å²) in [5, 5.41) is 0. The van der Waals surface area contributed by atoms with Gasteiger partial charge in [-0.25, -0.2) is 8.78 Å². The van der Waals surface area contributed by atoms with Crippen LogP contribution in [0.5, 0.6) is 0 Å². The summed E-state index contributed by atoms with van der Waals surface area (Å²) in [6, 6.07) is 3.78. The minimum Gasteiger partial charge on any atom is -0.203 e. The van der Waals surface area contributed by atoms with Crippen LogP contribution in [0, 0.1) is 41.2 Å². The van der Waals surface area contributed by atoms with Gasteiger partial charge in [0.15, 0.2) is 11.6 Å². The van der Waals surface area contributed by atoms with Gasteiger partial charge >= 0.3 is 0 Å². The molecule has 0 nitrogen and oxygen atoms in total. The van der Waals surface area contributed by atoms with Gasteiger partial charge in [-0.3, -0.25) is 0 Å². The molecule has 0 N–H and O–H groups in total. The third-order valence-corrected chi connectivity index (χ3v) is 10.4. The standard InChI is InChI=1S/C36H54F2/c1-3-5-6-10-28-13-15-29(16-14-28)11-7-8-12-33-25-26-34(36(38)35(33)37)32-23-21-31(22-24-32)30-19-17-27(9-4-2)18-20-30/h4,7,9,11,25-32H,3,5-6,8,10,12-24H2,1-2H3/b9-4+,11-7+. The van der Waals surface area contributed by atoms with Gasteiger partial charge in [-0.2, -0.15) is 0 Å². The summed E-state index contributed by atoms with van der Waals surface area (Å²) in [6.07, 6.45) is 31.1. The number of allylic oxidation sites excluding steroid dienone is 4. The lowest BCUT2D eigenvalue weighted by Crippen LogP contribution is -2.25. The minimum atomic E-state index is -0.590. The van der Waals surface area contributed by atoms with E-state index in [1.54, 1.807) is 0 Å². The Morgan fingerprint density at radius 2 is 1.37 bits per heavy atom. The van der Waals surface area contributed by atoms with Gasteiger partial charge in [0.05, 0.1) is 0 Å². The summed E-state index contributed by atoms with van der Waals surface area (Å²) in [5.74, 6) is 3.05. The zero-order valence-electron chi connectivity index (χ0n) is 24.4. The van der Waals surface area contributed by atoms with Crippen molar-refractivity contribution < 1.29 is 8.78 Å². The first-order valence-electron chi connectivity index (χ1n) is 16.3. The van der Waals surface area contributed by atoms with Crippen molar-refractivity contribution in [2.45, 2.75) is 135 Å². The highest BCUT2D eigenvalue weighted by Crippen LogP contribution is 2.45. The molecule has 3 aliphatic carbocycles. The zero-order valence-corrected chi connectivity index (χ0v) is 24.4. The second kappa shape index (κ2) is 15.4. The number of unbranched alkanes of at least 4 members (excludes halogenated alkanes) is 2. The fraction of sp³-hybridized carbons (Fsp3) is 0.722. The first-order chi connectivity index (χ1) is 18.6. The molecule has 0 aliphatic heterocycles. The number of hydrogen-bond acceptors (Lipinski definition) is 0. The van der Waals surface area contributed by atoms with Gasteiger partial charge in [0.2, 0.25) is 0 Å². The maximum atomic E-state index is 15.2. The lowest BCUT2D eigenvalue weighted by molar-refractivity contribution is 0.170. The molecular formula is C36H54F2. The van der Waals surface area contributed by atoms with Crippen LogP contribution in [0.15, 0.2) is 36.4 Å². The SMILES string of the molecule is C/C=C/C1CCC(C2CCC(c3ccc(CC/C=C/C4CCC(CCCCC)CC4)c(F)c3F)CC2)CC1. The molecule has 0 bridgehead atoms. The van der Waals surface area contributed by atoms with Crippen molar-refractivity contribution in [3.8, 4) is 0 Å². The third kappa shape index (κ3) is 8.28. The second-order valence-electron chi connectivity index (χ2n) is 13.0. The number of rotatable bonds is 11. The molecule has 3 saturated carbocycles. The number of aryl methyl sites for hydroxylation is 1. The van der Waals surface area contributed by atoms with Crippen LogP contribution in [0.2, 0.25) is 0 Å². The minimum absolute atomic E-state index is 0.186.